The second-order valence-electron chi connectivity index (χ2n) is 10.0. The summed E-state index contributed by atoms with van der Waals surface area (Å²) in [5.41, 5.74) is 0. The van der Waals surface area contributed by atoms with Crippen molar-refractivity contribution in [3.63, 3.8) is 0 Å². The highest BCUT2D eigenvalue weighted by atomic mass is 16.2. The lowest BCUT2D eigenvalue weighted by molar-refractivity contribution is -0.139. The van der Waals surface area contributed by atoms with Gasteiger partial charge in [0.25, 0.3) is 0 Å². The number of amides is 1. The molecule has 28 heavy (non-hydrogen) atoms. The van der Waals surface area contributed by atoms with Gasteiger partial charge in [0.2, 0.25) is 5.91 Å². The van der Waals surface area contributed by atoms with Crippen LogP contribution in [0, 0.1) is 17.8 Å². The molecule has 3 heterocycles. The van der Waals surface area contributed by atoms with Crippen LogP contribution in [-0.4, -0.2) is 78.2 Å². The summed E-state index contributed by atoms with van der Waals surface area (Å²) in [6.45, 7) is 7.42. The lowest BCUT2D eigenvalue weighted by Gasteiger charge is -2.36. The molecule has 2 unspecified atom stereocenters. The number of hydrogen-bond donors (Lipinski definition) is 0. The van der Waals surface area contributed by atoms with Crippen LogP contribution in [-0.2, 0) is 9.59 Å². The van der Waals surface area contributed by atoms with Crippen LogP contribution in [0.3, 0.4) is 0 Å². The van der Waals surface area contributed by atoms with E-state index in [0.717, 1.165) is 56.8 Å². The van der Waals surface area contributed by atoms with Gasteiger partial charge in [0.15, 0.2) is 0 Å². The molecule has 0 radical (unpaired) electrons. The number of piperazine rings is 1. The zero-order valence-corrected chi connectivity index (χ0v) is 17.9. The topological polar surface area (TPSA) is 43.9 Å². The molecule has 158 valence electrons. The fourth-order valence-corrected chi connectivity index (χ4v) is 6.25. The van der Waals surface area contributed by atoms with Crippen molar-refractivity contribution in [1.82, 2.24) is 14.7 Å². The number of likely N-dealkylation sites (tertiary alicyclic amines) is 3. The van der Waals surface area contributed by atoms with Gasteiger partial charge in [0.1, 0.15) is 5.78 Å². The van der Waals surface area contributed by atoms with Crippen LogP contribution in [0.15, 0.2) is 0 Å². The summed E-state index contributed by atoms with van der Waals surface area (Å²) in [7, 11) is 2.27. The van der Waals surface area contributed by atoms with Gasteiger partial charge in [-0.3, -0.25) is 14.5 Å². The summed E-state index contributed by atoms with van der Waals surface area (Å²) >= 11 is 0. The van der Waals surface area contributed by atoms with E-state index < -0.39 is 0 Å². The summed E-state index contributed by atoms with van der Waals surface area (Å²) in [4.78, 5) is 31.8. The predicted molar refractivity (Wildman–Crippen MR) is 111 cm³/mol. The summed E-state index contributed by atoms with van der Waals surface area (Å²) in [5.74, 6) is 1.87. The van der Waals surface area contributed by atoms with Crippen LogP contribution < -0.4 is 0 Å². The van der Waals surface area contributed by atoms with Crippen LogP contribution in [0.5, 0.6) is 0 Å². The lowest BCUT2D eigenvalue weighted by atomic mass is 9.79. The quantitative estimate of drug-likeness (QED) is 0.701. The Bertz CT molecular complexity index is 562. The van der Waals surface area contributed by atoms with E-state index in [1.165, 1.54) is 51.7 Å². The Balaban J connectivity index is 1.12. The van der Waals surface area contributed by atoms with Gasteiger partial charge in [-0.05, 0) is 84.2 Å². The first-order valence-corrected chi connectivity index (χ1v) is 11.7. The number of Topliss-reactive ketones (excluding diaryl/α,β-unsaturated/α-hetero) is 1. The monoisotopic (exact) mass is 389 g/mol. The smallest absolute Gasteiger partial charge is 0.225 e. The number of carbonyl (C=O) groups is 2. The Labute approximate surface area is 170 Å². The molecule has 3 aliphatic heterocycles. The molecule has 0 aromatic rings. The minimum absolute atomic E-state index is 0.177. The summed E-state index contributed by atoms with van der Waals surface area (Å²) in [6.07, 6.45) is 10.0. The molecule has 5 nitrogen and oxygen atoms in total. The van der Waals surface area contributed by atoms with Crippen LogP contribution in [0.4, 0.5) is 0 Å². The van der Waals surface area contributed by atoms with Gasteiger partial charge in [-0.15, -0.1) is 0 Å². The Kier molecular flexibility index (Phi) is 6.41. The molecule has 1 amide bonds. The minimum Gasteiger partial charge on any atom is -0.342 e. The third-order valence-corrected chi connectivity index (χ3v) is 8.26. The first-order chi connectivity index (χ1) is 13.5. The molecule has 0 N–H and O–H groups in total. The number of rotatable bonds is 6. The molecule has 1 aliphatic carbocycles. The zero-order chi connectivity index (χ0) is 19.7. The van der Waals surface area contributed by atoms with E-state index in [-0.39, 0.29) is 11.8 Å². The van der Waals surface area contributed by atoms with Crippen molar-refractivity contribution in [1.29, 1.82) is 0 Å². The molecule has 5 heteroatoms. The molecular weight excluding hydrogens is 350 g/mol. The average Bonchev–Trinajstić information content (AvgIpc) is 3.27. The standard InChI is InChI=1S/C23H39N3O2/c1-17(27)19-5-7-20(8-6-19)23(28)25-12-9-18(10-13-25)4-3-11-26-16-21-14-22(26)15-24(21)2/h18-22H,3-16H2,1-2H3. The molecule has 4 fully saturated rings. The van der Waals surface area contributed by atoms with Crippen molar-refractivity contribution >= 4 is 11.7 Å². The molecule has 1 saturated carbocycles. The predicted octanol–water partition coefficient (Wildman–Crippen LogP) is 2.79. The molecule has 0 spiro atoms. The van der Waals surface area contributed by atoms with Crippen LogP contribution in [0.25, 0.3) is 0 Å². The maximum Gasteiger partial charge on any atom is 0.225 e. The van der Waals surface area contributed by atoms with Crippen molar-refractivity contribution < 1.29 is 9.59 Å². The normalized spacial score (nSPS) is 34.9. The van der Waals surface area contributed by atoms with Gasteiger partial charge in [-0.25, -0.2) is 0 Å². The number of piperidine rings is 1. The maximum atomic E-state index is 12.9. The minimum atomic E-state index is 0.177. The van der Waals surface area contributed by atoms with Crippen molar-refractivity contribution in [3.05, 3.63) is 0 Å². The molecular formula is C23H39N3O2. The Morgan fingerprint density at radius 1 is 0.893 bits per heavy atom. The summed E-state index contributed by atoms with van der Waals surface area (Å²) in [5, 5.41) is 0. The molecule has 2 bridgehead atoms. The fourth-order valence-electron chi connectivity index (χ4n) is 6.25. The Morgan fingerprint density at radius 2 is 1.57 bits per heavy atom. The molecule has 4 rings (SSSR count). The zero-order valence-electron chi connectivity index (χ0n) is 17.9. The third-order valence-electron chi connectivity index (χ3n) is 8.26. The highest BCUT2D eigenvalue weighted by molar-refractivity contribution is 5.81. The van der Waals surface area contributed by atoms with Gasteiger partial charge < -0.3 is 9.80 Å². The summed E-state index contributed by atoms with van der Waals surface area (Å²) in [6, 6.07) is 1.62. The second kappa shape index (κ2) is 8.83. The van der Waals surface area contributed by atoms with E-state index >= 15 is 0 Å². The van der Waals surface area contributed by atoms with Crippen LogP contribution in [0.2, 0.25) is 0 Å². The van der Waals surface area contributed by atoms with Crippen molar-refractivity contribution in [3.8, 4) is 0 Å². The van der Waals surface area contributed by atoms with E-state index in [9.17, 15) is 9.59 Å². The van der Waals surface area contributed by atoms with Crippen molar-refractivity contribution in [2.45, 2.75) is 76.8 Å². The van der Waals surface area contributed by atoms with E-state index in [4.69, 9.17) is 0 Å². The fraction of sp³-hybridized carbons (Fsp3) is 0.913. The highest BCUT2D eigenvalue weighted by Crippen LogP contribution is 2.33. The second-order valence-corrected chi connectivity index (χ2v) is 10.0. The Morgan fingerprint density at radius 3 is 2.14 bits per heavy atom. The Hall–Kier alpha value is -0.940. The first kappa shape index (κ1) is 20.3. The largest absolute Gasteiger partial charge is 0.342 e. The SMILES string of the molecule is CC(=O)C1CCC(C(=O)N2CCC(CCCN3CC4CC3CN4C)CC2)CC1. The lowest BCUT2D eigenvalue weighted by Crippen LogP contribution is -2.45. The van der Waals surface area contributed by atoms with Crippen molar-refractivity contribution in [2.24, 2.45) is 17.8 Å². The number of fused-ring (bicyclic) bond motifs is 2. The van der Waals surface area contributed by atoms with E-state index in [2.05, 4.69) is 21.7 Å². The molecule has 4 aliphatic rings. The van der Waals surface area contributed by atoms with E-state index in [0.29, 0.717) is 11.7 Å². The van der Waals surface area contributed by atoms with E-state index in [1.807, 2.05) is 0 Å². The number of nitrogens with zero attached hydrogens (tertiary/aromatic N) is 3. The molecule has 0 aromatic heterocycles. The van der Waals surface area contributed by atoms with Crippen LogP contribution in [0.1, 0.15) is 64.7 Å². The van der Waals surface area contributed by atoms with Crippen LogP contribution >= 0.6 is 0 Å². The van der Waals surface area contributed by atoms with Gasteiger partial charge in [-0.1, -0.05) is 0 Å². The van der Waals surface area contributed by atoms with Gasteiger partial charge in [-0.2, -0.15) is 0 Å². The maximum absolute atomic E-state index is 12.9. The molecule has 3 saturated heterocycles. The van der Waals surface area contributed by atoms with Gasteiger partial charge in [0.05, 0.1) is 0 Å². The number of ketones is 1. The number of likely N-dealkylation sites (N-methyl/N-ethyl adjacent to an activating group) is 1. The van der Waals surface area contributed by atoms with Gasteiger partial charge >= 0.3 is 0 Å². The third kappa shape index (κ3) is 4.46. The average molecular weight is 390 g/mol. The highest BCUT2D eigenvalue weighted by Gasteiger charge is 2.40. The first-order valence-electron chi connectivity index (χ1n) is 11.7. The molecule has 0 aromatic carbocycles. The van der Waals surface area contributed by atoms with Gasteiger partial charge in [0, 0.05) is 50.1 Å². The van der Waals surface area contributed by atoms with Crippen molar-refractivity contribution in [2.75, 3.05) is 39.8 Å². The summed E-state index contributed by atoms with van der Waals surface area (Å²) < 4.78 is 0. The van der Waals surface area contributed by atoms with E-state index in [1.54, 1.807) is 6.92 Å². The number of carbonyl (C=O) groups excluding carboxylic acids is 2. The number of hydrogen-bond acceptors (Lipinski definition) is 4. The molecule has 2 atom stereocenters.